The van der Waals surface area contributed by atoms with Gasteiger partial charge in [0.25, 0.3) is 5.91 Å². The lowest BCUT2D eigenvalue weighted by atomic mass is 10.1. The van der Waals surface area contributed by atoms with E-state index in [4.69, 9.17) is 14.2 Å². The lowest BCUT2D eigenvalue weighted by molar-refractivity contribution is 0.0935. The van der Waals surface area contributed by atoms with Crippen molar-refractivity contribution in [2.24, 2.45) is 5.14 Å². The molecule has 1 unspecified atom stereocenters. The summed E-state index contributed by atoms with van der Waals surface area (Å²) in [5, 5.41) is 12.3. The Balaban J connectivity index is 2.01. The number of aryl methyl sites for hydroxylation is 1. The van der Waals surface area contributed by atoms with E-state index in [-0.39, 0.29) is 23.8 Å². The Bertz CT molecular complexity index is 1330. The number of nitrogens with two attached hydrogens (primary N) is 1. The Morgan fingerprint density at radius 2 is 1.66 bits per heavy atom. The van der Waals surface area contributed by atoms with Gasteiger partial charge in [-0.2, -0.15) is 5.10 Å². The maximum atomic E-state index is 13.1. The largest absolute Gasteiger partial charge is 0.352 e. The summed E-state index contributed by atoms with van der Waals surface area (Å²) in [5.41, 5.74) is 3.05. The average Bonchev–Trinajstić information content (AvgIpc) is 3.25. The van der Waals surface area contributed by atoms with E-state index >= 15 is 0 Å². The van der Waals surface area contributed by atoms with E-state index in [9.17, 15) is 17.8 Å². The van der Waals surface area contributed by atoms with E-state index in [1.54, 1.807) is 39.0 Å². The van der Waals surface area contributed by atoms with Gasteiger partial charge in [0.2, 0.25) is 10.0 Å². The van der Waals surface area contributed by atoms with Gasteiger partial charge in [-0.15, -0.1) is 0 Å². The van der Waals surface area contributed by atoms with Crippen LogP contribution in [0.4, 0.5) is 0 Å². The van der Waals surface area contributed by atoms with Crippen molar-refractivity contribution in [2.75, 3.05) is 13.2 Å². The fourth-order valence-corrected chi connectivity index (χ4v) is 5.39. The summed E-state index contributed by atoms with van der Waals surface area (Å²) in [6, 6.07) is 15.1. The third-order valence-electron chi connectivity index (χ3n) is 5.13. The van der Waals surface area contributed by atoms with Crippen LogP contribution in [0.5, 0.6) is 0 Å². The Morgan fingerprint density at radius 3 is 2.17 bits per heavy atom. The minimum Gasteiger partial charge on any atom is -0.337 e. The fourth-order valence-electron chi connectivity index (χ4n) is 3.36. The van der Waals surface area contributed by atoms with Crippen LogP contribution in [0.3, 0.4) is 0 Å². The molecule has 3 rings (SSSR count). The minimum absolute atomic E-state index is 0.0420. The van der Waals surface area contributed by atoms with E-state index in [0.29, 0.717) is 11.4 Å². The molecule has 0 saturated heterocycles. The van der Waals surface area contributed by atoms with Crippen LogP contribution >= 0.6 is 7.60 Å². The molecule has 188 valence electrons. The van der Waals surface area contributed by atoms with Crippen LogP contribution in [0.2, 0.25) is 0 Å². The number of aromatic nitrogens is 2. The smallest absolute Gasteiger partial charge is 0.337 e. The monoisotopic (exact) mass is 520 g/mol. The molecule has 3 aromatic rings. The molecule has 0 aliphatic rings. The second kappa shape index (κ2) is 10.8. The van der Waals surface area contributed by atoms with Crippen molar-refractivity contribution in [3.05, 3.63) is 65.9 Å². The van der Waals surface area contributed by atoms with Gasteiger partial charge in [-0.25, -0.2) is 18.2 Å². The maximum absolute atomic E-state index is 13.1. The summed E-state index contributed by atoms with van der Waals surface area (Å²) in [5.74, 6) is -1.47. The van der Waals surface area contributed by atoms with Crippen LogP contribution in [0.25, 0.3) is 16.9 Å². The Labute approximate surface area is 205 Å². The van der Waals surface area contributed by atoms with Crippen molar-refractivity contribution < 1.29 is 26.8 Å². The molecule has 1 amide bonds. The lowest BCUT2D eigenvalue weighted by Gasteiger charge is -2.23. The van der Waals surface area contributed by atoms with Gasteiger partial charge in [0, 0.05) is 5.56 Å². The third-order valence-corrected chi connectivity index (χ3v) is 8.37. The second-order valence-corrected chi connectivity index (χ2v) is 11.7. The zero-order valence-electron chi connectivity index (χ0n) is 20.0. The summed E-state index contributed by atoms with van der Waals surface area (Å²) in [4.78, 5) is 13.0. The van der Waals surface area contributed by atoms with Gasteiger partial charge >= 0.3 is 7.60 Å². The average molecular weight is 521 g/mol. The molecule has 0 aliphatic carbocycles. The van der Waals surface area contributed by atoms with Gasteiger partial charge in [-0.1, -0.05) is 29.8 Å². The number of hydrogen-bond donors (Lipinski definition) is 2. The highest BCUT2D eigenvalue weighted by atomic mass is 32.2. The number of rotatable bonds is 10. The first-order chi connectivity index (χ1) is 16.5. The number of nitrogens with one attached hydrogen (secondary N) is 1. The second-order valence-electron chi connectivity index (χ2n) is 7.76. The van der Waals surface area contributed by atoms with E-state index in [1.165, 1.54) is 16.8 Å². The van der Waals surface area contributed by atoms with Crippen molar-refractivity contribution in [3.8, 4) is 16.9 Å². The zero-order valence-corrected chi connectivity index (χ0v) is 21.7. The molecule has 0 aliphatic heterocycles. The van der Waals surface area contributed by atoms with Crippen molar-refractivity contribution in [1.82, 2.24) is 15.1 Å². The van der Waals surface area contributed by atoms with Crippen molar-refractivity contribution in [3.63, 3.8) is 0 Å². The SMILES string of the molecule is CCOP(=O)(OCC)C(C)NC(=O)c1cc(-c2ccc(C)cc2)n(-c2ccc(S(N)(=O)=O)cc2)n1. The van der Waals surface area contributed by atoms with E-state index < -0.39 is 29.3 Å². The van der Waals surface area contributed by atoms with Gasteiger partial charge in [-0.05, 0) is 58.0 Å². The van der Waals surface area contributed by atoms with Crippen LogP contribution < -0.4 is 10.5 Å². The molecule has 1 heterocycles. The number of carbonyl (C=O) groups excluding carboxylic acids is 1. The van der Waals surface area contributed by atoms with Crippen LogP contribution in [-0.2, 0) is 23.6 Å². The summed E-state index contributed by atoms with van der Waals surface area (Å²) in [7, 11) is -7.43. The first-order valence-corrected chi connectivity index (χ1v) is 14.1. The normalized spacial score (nSPS) is 12.9. The van der Waals surface area contributed by atoms with Crippen LogP contribution in [-0.4, -0.2) is 43.1 Å². The van der Waals surface area contributed by atoms with Crippen LogP contribution in [0, 0.1) is 6.92 Å². The maximum Gasteiger partial charge on any atom is 0.352 e. The molecular weight excluding hydrogens is 491 g/mol. The lowest BCUT2D eigenvalue weighted by Crippen LogP contribution is -2.34. The highest BCUT2D eigenvalue weighted by Crippen LogP contribution is 2.51. The fraction of sp³-hybridized carbons (Fsp3) is 0.304. The van der Waals surface area contributed by atoms with Crippen molar-refractivity contribution in [2.45, 2.75) is 38.4 Å². The Kier molecular flexibility index (Phi) is 8.30. The summed E-state index contributed by atoms with van der Waals surface area (Å²) in [6.45, 7) is 7.22. The first-order valence-electron chi connectivity index (χ1n) is 11.0. The number of hydrogen-bond acceptors (Lipinski definition) is 7. The van der Waals surface area contributed by atoms with Crippen molar-refractivity contribution >= 4 is 23.5 Å². The third kappa shape index (κ3) is 6.25. The summed E-state index contributed by atoms with van der Waals surface area (Å²) in [6.07, 6.45) is 0. The number of primary sulfonamides is 1. The Morgan fingerprint density at radius 1 is 1.09 bits per heavy atom. The van der Waals surface area contributed by atoms with Crippen LogP contribution in [0.1, 0.15) is 36.8 Å². The number of carbonyl (C=O) groups is 1. The number of benzene rings is 2. The minimum atomic E-state index is -3.86. The molecule has 12 heteroatoms. The molecule has 3 N–H and O–H groups in total. The summed E-state index contributed by atoms with van der Waals surface area (Å²) < 4.78 is 48.4. The molecule has 0 spiro atoms. The molecular formula is C23H29N4O6PS. The molecule has 0 saturated carbocycles. The molecule has 35 heavy (non-hydrogen) atoms. The Hall–Kier alpha value is -2.82. The molecule has 0 bridgehead atoms. The van der Waals surface area contributed by atoms with E-state index in [2.05, 4.69) is 10.4 Å². The van der Waals surface area contributed by atoms with Gasteiger partial charge < -0.3 is 14.4 Å². The van der Waals surface area contributed by atoms with Gasteiger partial charge in [0.05, 0.1) is 29.5 Å². The number of amides is 1. The highest BCUT2D eigenvalue weighted by molar-refractivity contribution is 7.89. The van der Waals surface area contributed by atoms with E-state index in [0.717, 1.165) is 11.1 Å². The van der Waals surface area contributed by atoms with Crippen molar-refractivity contribution in [1.29, 1.82) is 0 Å². The zero-order chi connectivity index (χ0) is 25.8. The molecule has 1 atom stereocenters. The highest BCUT2D eigenvalue weighted by Gasteiger charge is 2.34. The molecule has 0 fully saturated rings. The van der Waals surface area contributed by atoms with Gasteiger partial charge in [-0.3, -0.25) is 9.36 Å². The molecule has 1 aromatic heterocycles. The van der Waals surface area contributed by atoms with Gasteiger partial charge in [0.1, 0.15) is 5.78 Å². The quantitative estimate of drug-likeness (QED) is 0.387. The number of sulfonamides is 1. The summed E-state index contributed by atoms with van der Waals surface area (Å²) >= 11 is 0. The van der Waals surface area contributed by atoms with Gasteiger partial charge in [0.15, 0.2) is 5.69 Å². The molecule has 2 aromatic carbocycles. The molecule has 10 nitrogen and oxygen atoms in total. The topological polar surface area (TPSA) is 143 Å². The standard InChI is InChI=1S/C23H29N4O6PS/c1-5-32-34(29,33-6-2)17(4)25-23(28)21-15-22(18-9-7-16(3)8-10-18)27(26-21)19-11-13-20(14-12-19)35(24,30)31/h7-15,17H,5-6H2,1-4H3,(H,25,28)(H2,24,30,31). The predicted octanol–water partition coefficient (Wildman–Crippen LogP) is 3.84. The first kappa shape index (κ1) is 26.8. The van der Waals surface area contributed by atoms with Crippen LogP contribution in [0.15, 0.2) is 59.5 Å². The molecule has 0 radical (unpaired) electrons. The predicted molar refractivity (Wildman–Crippen MR) is 133 cm³/mol. The van der Waals surface area contributed by atoms with E-state index in [1.807, 2.05) is 31.2 Å². The number of nitrogens with zero attached hydrogens (tertiary/aromatic N) is 2.